The number of nitrogens with zero attached hydrogens (tertiary/aromatic N) is 3. The number of amides is 1. The molecule has 1 atom stereocenters. The third kappa shape index (κ3) is 12.7. The van der Waals surface area contributed by atoms with Gasteiger partial charge in [0.25, 0.3) is 0 Å². The van der Waals surface area contributed by atoms with Crippen molar-refractivity contribution in [3.8, 4) is 0 Å². The fourth-order valence-corrected chi connectivity index (χ4v) is 4.43. The van der Waals surface area contributed by atoms with E-state index >= 15 is 0 Å². The van der Waals surface area contributed by atoms with Crippen molar-refractivity contribution in [2.45, 2.75) is 52.7 Å². The summed E-state index contributed by atoms with van der Waals surface area (Å²) in [5.74, 6) is 1.53. The lowest BCUT2D eigenvalue weighted by atomic mass is 10.0. The van der Waals surface area contributed by atoms with Crippen LogP contribution in [-0.2, 0) is 14.6 Å². The molecule has 1 saturated heterocycles. The minimum absolute atomic E-state index is 0. The van der Waals surface area contributed by atoms with Crippen LogP contribution in [0, 0.1) is 5.92 Å². The normalized spacial score (nSPS) is 18.1. The van der Waals surface area contributed by atoms with Gasteiger partial charge in [-0.3, -0.25) is 9.89 Å². The number of aliphatic imine (C=N–C) groups is 1. The highest BCUT2D eigenvalue weighted by molar-refractivity contribution is 14.0. The molecular weight excluding hydrogens is 533 g/mol. The molecule has 0 bridgehead atoms. The zero-order valence-electron chi connectivity index (χ0n) is 20.1. The van der Waals surface area contributed by atoms with Crippen LogP contribution in [0.2, 0.25) is 0 Å². The van der Waals surface area contributed by atoms with Crippen molar-refractivity contribution in [3.05, 3.63) is 0 Å². The SMILES string of the molecule is CN=C(NCCN1CCS(=O)(=O)CC1)N(C)CCC(NC(=O)OC(C)(C)C)C(C)C.I. The Morgan fingerprint density at radius 3 is 2.29 bits per heavy atom. The van der Waals surface area contributed by atoms with Gasteiger partial charge in [-0.05, 0) is 33.1 Å². The highest BCUT2D eigenvalue weighted by Gasteiger charge is 2.23. The Morgan fingerprint density at radius 2 is 1.81 bits per heavy atom. The van der Waals surface area contributed by atoms with Crippen molar-refractivity contribution in [2.24, 2.45) is 10.9 Å². The van der Waals surface area contributed by atoms with Gasteiger partial charge in [0.15, 0.2) is 15.8 Å². The van der Waals surface area contributed by atoms with E-state index in [1.807, 2.05) is 32.7 Å². The van der Waals surface area contributed by atoms with Gasteiger partial charge in [0.1, 0.15) is 5.60 Å². The fourth-order valence-electron chi connectivity index (χ4n) is 3.15. The van der Waals surface area contributed by atoms with Crippen molar-refractivity contribution in [3.63, 3.8) is 0 Å². The molecule has 0 aromatic carbocycles. The molecule has 1 heterocycles. The number of carbonyl (C=O) groups is 1. The Kier molecular flexibility index (Phi) is 13.3. The van der Waals surface area contributed by atoms with Gasteiger partial charge < -0.3 is 20.3 Å². The summed E-state index contributed by atoms with van der Waals surface area (Å²) in [7, 11) is 0.858. The van der Waals surface area contributed by atoms with Gasteiger partial charge in [-0.15, -0.1) is 24.0 Å². The highest BCUT2D eigenvalue weighted by Crippen LogP contribution is 2.11. The minimum atomic E-state index is -2.85. The van der Waals surface area contributed by atoms with E-state index in [4.69, 9.17) is 4.74 Å². The van der Waals surface area contributed by atoms with Gasteiger partial charge in [0.05, 0.1) is 11.5 Å². The molecule has 0 radical (unpaired) electrons. The summed E-state index contributed by atoms with van der Waals surface area (Å²) in [6.07, 6.45) is 0.368. The van der Waals surface area contributed by atoms with Gasteiger partial charge in [-0.2, -0.15) is 0 Å². The molecule has 9 nitrogen and oxygen atoms in total. The third-order valence-corrected chi connectivity index (χ3v) is 6.61. The van der Waals surface area contributed by atoms with Crippen LogP contribution >= 0.6 is 24.0 Å². The molecule has 1 aliphatic heterocycles. The topological polar surface area (TPSA) is 103 Å². The average Bonchev–Trinajstić information content (AvgIpc) is 2.61. The second kappa shape index (κ2) is 13.7. The van der Waals surface area contributed by atoms with Crippen molar-refractivity contribution < 1.29 is 17.9 Å². The number of carbonyl (C=O) groups excluding carboxylic acids is 1. The van der Waals surface area contributed by atoms with Crippen molar-refractivity contribution in [2.75, 3.05) is 58.3 Å². The van der Waals surface area contributed by atoms with E-state index in [-0.39, 0.29) is 47.4 Å². The van der Waals surface area contributed by atoms with Crippen LogP contribution in [-0.4, -0.2) is 100 Å². The molecular formula is C20H42IN5O4S. The summed E-state index contributed by atoms with van der Waals surface area (Å²) in [5.41, 5.74) is -0.521. The van der Waals surface area contributed by atoms with E-state index in [2.05, 4.69) is 34.4 Å². The quantitative estimate of drug-likeness (QED) is 0.259. The van der Waals surface area contributed by atoms with E-state index in [0.29, 0.717) is 19.6 Å². The lowest BCUT2D eigenvalue weighted by Gasteiger charge is -2.29. The third-order valence-electron chi connectivity index (χ3n) is 5.00. The van der Waals surface area contributed by atoms with Crippen molar-refractivity contribution in [1.82, 2.24) is 20.4 Å². The van der Waals surface area contributed by atoms with Crippen LogP contribution in [0.3, 0.4) is 0 Å². The second-order valence-corrected chi connectivity index (χ2v) is 11.5. The van der Waals surface area contributed by atoms with Gasteiger partial charge in [0.2, 0.25) is 0 Å². The van der Waals surface area contributed by atoms with Crippen LogP contribution in [0.25, 0.3) is 0 Å². The summed E-state index contributed by atoms with van der Waals surface area (Å²) in [4.78, 5) is 20.6. The fraction of sp³-hybridized carbons (Fsp3) is 0.900. The van der Waals surface area contributed by atoms with Crippen LogP contribution in [0.15, 0.2) is 4.99 Å². The first-order valence-electron chi connectivity index (χ1n) is 10.7. The lowest BCUT2D eigenvalue weighted by molar-refractivity contribution is 0.0485. The molecule has 1 amide bonds. The number of nitrogens with one attached hydrogen (secondary N) is 2. The highest BCUT2D eigenvalue weighted by atomic mass is 127. The lowest BCUT2D eigenvalue weighted by Crippen LogP contribution is -2.47. The molecule has 11 heteroatoms. The zero-order chi connectivity index (χ0) is 22.9. The summed E-state index contributed by atoms with van der Waals surface area (Å²) in [6, 6.07) is -0.00398. The maximum atomic E-state index is 12.1. The largest absolute Gasteiger partial charge is 0.444 e. The first kappa shape index (κ1) is 30.2. The zero-order valence-corrected chi connectivity index (χ0v) is 23.2. The molecule has 31 heavy (non-hydrogen) atoms. The smallest absolute Gasteiger partial charge is 0.407 e. The molecule has 1 rings (SSSR count). The maximum absolute atomic E-state index is 12.1. The van der Waals surface area contributed by atoms with Crippen LogP contribution < -0.4 is 10.6 Å². The monoisotopic (exact) mass is 575 g/mol. The molecule has 0 spiro atoms. The van der Waals surface area contributed by atoms with Gasteiger partial charge in [0, 0.05) is 52.9 Å². The molecule has 1 fully saturated rings. The Balaban J connectivity index is 0.00000900. The van der Waals surface area contributed by atoms with E-state index < -0.39 is 21.5 Å². The van der Waals surface area contributed by atoms with Crippen molar-refractivity contribution in [1.29, 1.82) is 0 Å². The minimum Gasteiger partial charge on any atom is -0.444 e. The molecule has 0 aliphatic carbocycles. The predicted molar refractivity (Wildman–Crippen MR) is 137 cm³/mol. The molecule has 0 aromatic rings. The second-order valence-electron chi connectivity index (χ2n) is 9.17. The van der Waals surface area contributed by atoms with Crippen LogP contribution in [0.1, 0.15) is 41.0 Å². The van der Waals surface area contributed by atoms with Crippen molar-refractivity contribution >= 4 is 45.9 Å². The van der Waals surface area contributed by atoms with E-state index in [1.165, 1.54) is 0 Å². The molecule has 1 aliphatic rings. The molecule has 0 saturated carbocycles. The van der Waals surface area contributed by atoms with Crippen LogP contribution in [0.5, 0.6) is 0 Å². The summed E-state index contributed by atoms with van der Waals surface area (Å²) in [6.45, 7) is 13.1. The standard InChI is InChI=1S/C20H41N5O4S.HI/c1-16(2)17(23-19(26)29-20(3,4)5)8-10-24(7)18(21-6)22-9-11-25-12-14-30(27,28)15-13-25;/h16-17H,8-15H2,1-7H3,(H,21,22)(H,23,26);1H. The average molecular weight is 576 g/mol. The van der Waals surface area contributed by atoms with E-state index in [0.717, 1.165) is 25.5 Å². The summed E-state index contributed by atoms with van der Waals surface area (Å²) >= 11 is 0. The number of hydrogen-bond acceptors (Lipinski definition) is 6. The van der Waals surface area contributed by atoms with Gasteiger partial charge in [-0.1, -0.05) is 13.8 Å². The molecule has 0 aromatic heterocycles. The Labute approximate surface area is 205 Å². The Bertz CT molecular complexity index is 666. The number of ether oxygens (including phenoxy) is 1. The predicted octanol–water partition coefficient (Wildman–Crippen LogP) is 1.78. The molecule has 1 unspecified atom stereocenters. The number of guanidine groups is 1. The number of alkyl carbamates (subject to hydrolysis) is 1. The number of halogens is 1. The number of sulfone groups is 1. The van der Waals surface area contributed by atoms with Gasteiger partial charge in [-0.25, -0.2) is 13.2 Å². The first-order valence-corrected chi connectivity index (χ1v) is 12.5. The van der Waals surface area contributed by atoms with E-state index in [1.54, 1.807) is 7.05 Å². The Hall–Kier alpha value is -0.820. The first-order chi connectivity index (χ1) is 13.8. The van der Waals surface area contributed by atoms with E-state index in [9.17, 15) is 13.2 Å². The number of rotatable bonds is 8. The summed E-state index contributed by atoms with van der Waals surface area (Å²) in [5, 5.41) is 6.31. The maximum Gasteiger partial charge on any atom is 0.407 e. The van der Waals surface area contributed by atoms with Gasteiger partial charge >= 0.3 is 6.09 Å². The summed E-state index contributed by atoms with van der Waals surface area (Å²) < 4.78 is 28.4. The molecule has 184 valence electrons. The number of hydrogen-bond donors (Lipinski definition) is 2. The Morgan fingerprint density at radius 1 is 1.23 bits per heavy atom. The molecule has 2 N–H and O–H groups in total. The van der Waals surface area contributed by atoms with Crippen LogP contribution in [0.4, 0.5) is 4.79 Å².